The van der Waals surface area contributed by atoms with Gasteiger partial charge in [-0.3, -0.25) is 9.69 Å². The van der Waals surface area contributed by atoms with Crippen molar-refractivity contribution in [3.63, 3.8) is 0 Å². The maximum atomic E-state index is 12.6. The maximum Gasteiger partial charge on any atom is 0.416 e. The van der Waals surface area contributed by atoms with Gasteiger partial charge in [-0.25, -0.2) is 0 Å². The molecule has 0 atom stereocenters. The van der Waals surface area contributed by atoms with Gasteiger partial charge in [0.25, 0.3) is 5.91 Å². The number of benzene rings is 2. The Hall–Kier alpha value is -2.38. The molecular formula is C19H20F3N3O. The number of hydrogen-bond donors (Lipinski definition) is 2. The Morgan fingerprint density at radius 3 is 2.19 bits per heavy atom. The lowest BCUT2D eigenvalue weighted by Crippen LogP contribution is -2.42. The van der Waals surface area contributed by atoms with E-state index in [9.17, 15) is 18.0 Å². The summed E-state index contributed by atoms with van der Waals surface area (Å²) in [4.78, 5) is 14.5. The molecule has 1 amide bonds. The Morgan fingerprint density at radius 2 is 1.62 bits per heavy atom. The monoisotopic (exact) mass is 363 g/mol. The predicted octanol–water partition coefficient (Wildman–Crippen LogP) is 3.36. The van der Waals surface area contributed by atoms with Gasteiger partial charge in [0, 0.05) is 44.0 Å². The van der Waals surface area contributed by atoms with Gasteiger partial charge < -0.3 is 10.6 Å². The fourth-order valence-electron chi connectivity index (χ4n) is 2.83. The number of nitrogens with one attached hydrogen (secondary N) is 2. The van der Waals surface area contributed by atoms with Crippen LogP contribution in [-0.2, 0) is 12.7 Å². The summed E-state index contributed by atoms with van der Waals surface area (Å²) in [5.74, 6) is -0.437. The highest BCUT2D eigenvalue weighted by Gasteiger charge is 2.30. The topological polar surface area (TPSA) is 44.4 Å². The van der Waals surface area contributed by atoms with Crippen LogP contribution in [0.15, 0.2) is 48.5 Å². The fraction of sp³-hybridized carbons (Fsp3) is 0.316. The van der Waals surface area contributed by atoms with Crippen LogP contribution in [0.1, 0.15) is 21.5 Å². The Kier molecular flexibility index (Phi) is 5.58. The van der Waals surface area contributed by atoms with Gasteiger partial charge in [-0.2, -0.15) is 13.2 Å². The molecule has 0 saturated carbocycles. The number of carbonyl (C=O) groups excluding carboxylic acids is 1. The molecule has 2 N–H and O–H groups in total. The van der Waals surface area contributed by atoms with Crippen molar-refractivity contribution >= 4 is 11.6 Å². The molecule has 26 heavy (non-hydrogen) atoms. The Balaban J connectivity index is 1.58. The molecule has 0 bridgehead atoms. The number of anilines is 1. The molecule has 0 spiro atoms. The molecule has 1 fully saturated rings. The summed E-state index contributed by atoms with van der Waals surface area (Å²) in [6.45, 7) is 4.84. The number of rotatable bonds is 4. The lowest BCUT2D eigenvalue weighted by molar-refractivity contribution is -0.137. The minimum Gasteiger partial charge on any atom is -0.322 e. The normalized spacial score (nSPS) is 15.7. The molecule has 4 nitrogen and oxygen atoms in total. The van der Waals surface area contributed by atoms with Crippen LogP contribution >= 0.6 is 0 Å². The zero-order valence-corrected chi connectivity index (χ0v) is 14.1. The van der Waals surface area contributed by atoms with E-state index in [4.69, 9.17) is 0 Å². The number of amides is 1. The van der Waals surface area contributed by atoms with Gasteiger partial charge in [0.1, 0.15) is 0 Å². The summed E-state index contributed by atoms with van der Waals surface area (Å²) < 4.78 is 37.7. The van der Waals surface area contributed by atoms with E-state index in [1.807, 2.05) is 12.1 Å². The molecule has 7 heteroatoms. The molecule has 1 aliphatic heterocycles. The largest absolute Gasteiger partial charge is 0.416 e. The highest BCUT2D eigenvalue weighted by molar-refractivity contribution is 6.04. The summed E-state index contributed by atoms with van der Waals surface area (Å²) in [7, 11) is 0. The van der Waals surface area contributed by atoms with E-state index >= 15 is 0 Å². The third kappa shape index (κ3) is 4.83. The third-order valence-corrected chi connectivity index (χ3v) is 4.30. The Labute approximate surface area is 150 Å². The molecule has 3 rings (SSSR count). The van der Waals surface area contributed by atoms with Crippen molar-refractivity contribution in [2.75, 3.05) is 31.5 Å². The van der Waals surface area contributed by atoms with Crippen LogP contribution in [0.25, 0.3) is 0 Å². The van der Waals surface area contributed by atoms with Crippen molar-refractivity contribution < 1.29 is 18.0 Å². The highest BCUT2D eigenvalue weighted by Crippen LogP contribution is 2.29. The average molecular weight is 363 g/mol. The first-order chi connectivity index (χ1) is 12.4. The second-order valence-electron chi connectivity index (χ2n) is 6.25. The van der Waals surface area contributed by atoms with Gasteiger partial charge in [0.15, 0.2) is 0 Å². The first-order valence-electron chi connectivity index (χ1n) is 8.42. The van der Waals surface area contributed by atoms with Gasteiger partial charge in [-0.1, -0.05) is 12.1 Å². The SMILES string of the molecule is O=C(Nc1ccc(CN2CCNCC2)cc1)c1ccc(C(F)(F)F)cc1. The van der Waals surface area contributed by atoms with Crippen LogP contribution in [0.3, 0.4) is 0 Å². The molecule has 0 aromatic heterocycles. The number of halogens is 3. The number of alkyl halides is 3. The van der Waals surface area contributed by atoms with E-state index in [0.29, 0.717) is 5.69 Å². The molecule has 1 aliphatic rings. The zero-order chi connectivity index (χ0) is 18.6. The van der Waals surface area contributed by atoms with Crippen LogP contribution in [0.2, 0.25) is 0 Å². The van der Waals surface area contributed by atoms with Crippen molar-refractivity contribution in [2.24, 2.45) is 0 Å². The average Bonchev–Trinajstić information content (AvgIpc) is 2.63. The summed E-state index contributed by atoms with van der Waals surface area (Å²) in [6.07, 6.45) is -4.41. The van der Waals surface area contributed by atoms with E-state index in [-0.39, 0.29) is 5.56 Å². The van der Waals surface area contributed by atoms with Crippen molar-refractivity contribution in [3.8, 4) is 0 Å². The van der Waals surface area contributed by atoms with Crippen LogP contribution < -0.4 is 10.6 Å². The van der Waals surface area contributed by atoms with Crippen LogP contribution in [0.5, 0.6) is 0 Å². The van der Waals surface area contributed by atoms with Gasteiger partial charge in [0.05, 0.1) is 5.56 Å². The summed E-state index contributed by atoms with van der Waals surface area (Å²) in [5.41, 5.74) is 1.17. The summed E-state index contributed by atoms with van der Waals surface area (Å²) >= 11 is 0. The first kappa shape index (κ1) is 18.4. The number of piperazine rings is 1. The van der Waals surface area contributed by atoms with E-state index in [2.05, 4.69) is 15.5 Å². The summed E-state index contributed by atoms with van der Waals surface area (Å²) in [6, 6.07) is 11.7. The van der Waals surface area contributed by atoms with Crippen LogP contribution in [0.4, 0.5) is 18.9 Å². The molecule has 0 unspecified atom stereocenters. The minimum absolute atomic E-state index is 0.183. The van der Waals surface area contributed by atoms with Gasteiger partial charge in [0.2, 0.25) is 0 Å². The molecule has 0 radical (unpaired) electrons. The first-order valence-corrected chi connectivity index (χ1v) is 8.42. The van der Waals surface area contributed by atoms with Crippen LogP contribution in [-0.4, -0.2) is 37.0 Å². The second kappa shape index (κ2) is 7.88. The van der Waals surface area contributed by atoms with E-state index < -0.39 is 17.6 Å². The minimum atomic E-state index is -4.41. The predicted molar refractivity (Wildman–Crippen MR) is 94.0 cm³/mol. The summed E-state index contributed by atoms with van der Waals surface area (Å²) in [5, 5.41) is 6.01. The van der Waals surface area contributed by atoms with Gasteiger partial charge in [-0.15, -0.1) is 0 Å². The van der Waals surface area contributed by atoms with E-state index in [1.165, 1.54) is 12.1 Å². The standard InChI is InChI=1S/C19H20F3N3O/c20-19(21,22)16-5-3-15(4-6-16)18(26)24-17-7-1-14(2-8-17)13-25-11-9-23-10-12-25/h1-8,23H,9-13H2,(H,24,26). The number of hydrogen-bond acceptors (Lipinski definition) is 3. The number of carbonyl (C=O) groups is 1. The van der Waals surface area contributed by atoms with E-state index in [1.54, 1.807) is 12.1 Å². The van der Waals surface area contributed by atoms with Crippen molar-refractivity contribution in [2.45, 2.75) is 12.7 Å². The third-order valence-electron chi connectivity index (χ3n) is 4.30. The molecule has 2 aromatic carbocycles. The Bertz CT molecular complexity index is 736. The van der Waals surface area contributed by atoms with Gasteiger partial charge in [-0.05, 0) is 42.0 Å². The highest BCUT2D eigenvalue weighted by atomic mass is 19.4. The van der Waals surface area contributed by atoms with E-state index in [0.717, 1.165) is 50.4 Å². The molecule has 2 aromatic rings. The second-order valence-corrected chi connectivity index (χ2v) is 6.25. The van der Waals surface area contributed by atoms with Gasteiger partial charge >= 0.3 is 6.18 Å². The molecule has 1 saturated heterocycles. The maximum absolute atomic E-state index is 12.6. The van der Waals surface area contributed by atoms with Crippen molar-refractivity contribution in [1.82, 2.24) is 10.2 Å². The molecular weight excluding hydrogens is 343 g/mol. The quantitative estimate of drug-likeness (QED) is 0.876. The smallest absolute Gasteiger partial charge is 0.322 e. The molecule has 0 aliphatic carbocycles. The lowest BCUT2D eigenvalue weighted by Gasteiger charge is -2.27. The van der Waals surface area contributed by atoms with Crippen molar-refractivity contribution in [3.05, 3.63) is 65.2 Å². The number of nitrogens with zero attached hydrogens (tertiary/aromatic N) is 1. The lowest BCUT2D eigenvalue weighted by atomic mass is 10.1. The fourth-order valence-corrected chi connectivity index (χ4v) is 2.83. The zero-order valence-electron chi connectivity index (χ0n) is 14.1. The Morgan fingerprint density at radius 1 is 1.00 bits per heavy atom. The molecule has 138 valence electrons. The molecule has 1 heterocycles. The van der Waals surface area contributed by atoms with Crippen LogP contribution in [0, 0.1) is 0 Å². The van der Waals surface area contributed by atoms with Crippen molar-refractivity contribution in [1.29, 1.82) is 0 Å².